The van der Waals surface area contributed by atoms with Crippen LogP contribution >= 0.6 is 0 Å². The first-order valence-corrected chi connectivity index (χ1v) is 27.4. The van der Waals surface area contributed by atoms with E-state index in [1.54, 1.807) is 0 Å². The second-order valence-electron chi connectivity index (χ2n) is 16.7. The Labute approximate surface area is 498 Å². The average molecular weight is 1200 g/mol. The molecule has 0 saturated heterocycles. The molecule has 6 aromatic carbocycles. The van der Waals surface area contributed by atoms with Crippen LogP contribution in [0.25, 0.3) is 21.5 Å². The first-order chi connectivity index (χ1) is 36.4. The van der Waals surface area contributed by atoms with Crippen LogP contribution in [0.3, 0.4) is 0 Å². The van der Waals surface area contributed by atoms with E-state index in [2.05, 4.69) is 31.9 Å². The Balaban J connectivity index is 0.00000361. The Morgan fingerprint density at radius 2 is 0.787 bits per heavy atom. The van der Waals surface area contributed by atoms with Crippen molar-refractivity contribution < 1.29 is 147 Å². The van der Waals surface area contributed by atoms with E-state index in [0.717, 1.165) is 109 Å². The molecule has 0 bridgehead atoms. The zero-order chi connectivity index (χ0) is 57.0. The number of hydrogen-bond acceptors (Lipinski definition) is 13. The first-order valence-electron chi connectivity index (χ1n) is 21.7. The van der Waals surface area contributed by atoms with Crippen molar-refractivity contribution in [3.63, 3.8) is 0 Å². The number of halogens is 2. The van der Waals surface area contributed by atoms with Gasteiger partial charge in [-0.05, 0) is 72.8 Å². The summed E-state index contributed by atoms with van der Waals surface area (Å²) in [4.78, 5) is 63.5. The molecule has 10 N–H and O–H groups in total. The molecular formula is C47H38F2N8Na2O17S4. The van der Waals surface area contributed by atoms with Gasteiger partial charge in [-0.25, -0.2) is 13.6 Å². The first kappa shape index (κ1) is 62.3. The minimum Gasteiger partial charge on any atom is -1.00 e. The number of aryl methyl sites for hydroxylation is 2. The van der Waals surface area contributed by atoms with E-state index >= 15 is 8.78 Å². The Morgan fingerprint density at radius 3 is 1.12 bits per heavy atom. The van der Waals surface area contributed by atoms with Gasteiger partial charge in [0.2, 0.25) is 0 Å². The number of hydrogen-bond donors (Lipinski definition) is 10. The van der Waals surface area contributed by atoms with Crippen molar-refractivity contribution in [1.82, 2.24) is 9.13 Å². The summed E-state index contributed by atoms with van der Waals surface area (Å²) in [7, 11) is -17.3. The molecule has 408 valence electrons. The summed E-state index contributed by atoms with van der Waals surface area (Å²) >= 11 is 0. The van der Waals surface area contributed by atoms with Crippen molar-refractivity contribution in [2.24, 2.45) is 14.1 Å². The molecule has 8 aromatic rings. The topological polar surface area (TPSA) is 385 Å². The number of nitrogens with one attached hydrogen (secondary N) is 6. The van der Waals surface area contributed by atoms with Crippen LogP contribution in [0.1, 0.15) is 44.5 Å². The fraction of sp³-hybridized carbons (Fsp3) is 0.0426. The van der Waals surface area contributed by atoms with E-state index < -0.39 is 124 Å². The van der Waals surface area contributed by atoms with Crippen molar-refractivity contribution in [1.29, 1.82) is 0 Å². The van der Waals surface area contributed by atoms with Crippen LogP contribution in [0.2, 0.25) is 0 Å². The Hall–Kier alpha value is -6.95. The molecule has 0 atom stereocenters. The van der Waals surface area contributed by atoms with Gasteiger partial charge in [-0.2, -0.15) is 33.7 Å². The third kappa shape index (κ3) is 13.4. The molecule has 0 aliphatic carbocycles. The number of benzene rings is 6. The summed E-state index contributed by atoms with van der Waals surface area (Å²) in [6.07, 6.45) is 2.53. The van der Waals surface area contributed by atoms with E-state index in [9.17, 15) is 75.9 Å². The third-order valence-corrected chi connectivity index (χ3v) is 15.2. The van der Waals surface area contributed by atoms with Crippen LogP contribution in [0.4, 0.5) is 47.7 Å². The van der Waals surface area contributed by atoms with E-state index in [-0.39, 0.29) is 117 Å². The van der Waals surface area contributed by atoms with Gasteiger partial charge in [0.15, 0.2) is 0 Å². The summed E-state index contributed by atoms with van der Waals surface area (Å²) in [6, 6.07) is 17.2. The molecule has 33 heteroatoms. The van der Waals surface area contributed by atoms with Gasteiger partial charge in [-0.1, -0.05) is 36.4 Å². The molecule has 25 nitrogen and oxygen atoms in total. The van der Waals surface area contributed by atoms with Crippen LogP contribution < -0.4 is 91.0 Å². The number of urea groups is 1. The third-order valence-electron chi connectivity index (χ3n) is 11.5. The minimum atomic E-state index is -5.15. The SMILES string of the molecule is Cn1cc(NC(=O)c2ccc(F)c(NC(=O)Nc3cc(C(=O)Nc4cc(C(=O)Nc5ccc6c(S(=O)(=O)O)cccc6c5S(=O)(=O)O)n(C)c4)ccc3F)c2)cc1C(=O)Nc1ccc2c(S(=O)(=O)O)cccc2c1S(=O)(=O)O.[H-].[H-].[Na+].[Na+]. The van der Waals surface area contributed by atoms with Crippen molar-refractivity contribution in [3.05, 3.63) is 156 Å². The summed E-state index contributed by atoms with van der Waals surface area (Å²) in [5, 5.41) is 12.5. The maximum Gasteiger partial charge on any atom is 1.00 e. The van der Waals surface area contributed by atoms with Crippen molar-refractivity contribution in [2.45, 2.75) is 19.6 Å². The maximum atomic E-state index is 15.0. The average Bonchev–Trinajstić information content (AvgIpc) is 3.49. The molecule has 2 heterocycles. The molecule has 6 amide bonds. The zero-order valence-corrected chi connectivity index (χ0v) is 48.7. The smallest absolute Gasteiger partial charge is 1.00 e. The second-order valence-corrected chi connectivity index (χ2v) is 22.2. The van der Waals surface area contributed by atoms with E-state index in [4.69, 9.17) is 0 Å². The van der Waals surface area contributed by atoms with Crippen molar-refractivity contribution in [3.8, 4) is 0 Å². The summed E-state index contributed by atoms with van der Waals surface area (Å²) in [6.45, 7) is 0. The molecule has 8 rings (SSSR count). The predicted molar refractivity (Wildman–Crippen MR) is 277 cm³/mol. The maximum absolute atomic E-state index is 15.0. The van der Waals surface area contributed by atoms with Gasteiger partial charge < -0.3 is 43.9 Å². The summed E-state index contributed by atoms with van der Waals surface area (Å²) in [5.41, 5.74) is -3.06. The molecule has 0 saturated carbocycles. The van der Waals surface area contributed by atoms with Gasteiger partial charge >= 0.3 is 65.1 Å². The molecule has 0 fully saturated rings. The Bertz CT molecular complexity index is 4150. The van der Waals surface area contributed by atoms with Crippen LogP contribution in [0.15, 0.2) is 141 Å². The van der Waals surface area contributed by atoms with Crippen LogP contribution in [-0.2, 0) is 54.6 Å². The number of aromatic nitrogens is 2. The fourth-order valence-electron chi connectivity index (χ4n) is 8.10. The zero-order valence-electron chi connectivity index (χ0n) is 43.4. The molecule has 0 aliphatic heterocycles. The van der Waals surface area contributed by atoms with E-state index in [1.165, 1.54) is 35.6 Å². The predicted octanol–water partition coefficient (Wildman–Crippen LogP) is 0.821. The Kier molecular flexibility index (Phi) is 18.4. The van der Waals surface area contributed by atoms with Crippen molar-refractivity contribution in [2.75, 3.05) is 31.9 Å². The second kappa shape index (κ2) is 23.6. The van der Waals surface area contributed by atoms with Gasteiger partial charge in [0, 0.05) is 59.2 Å². The molecule has 0 aliphatic rings. The molecule has 80 heavy (non-hydrogen) atoms. The number of carbonyl (C=O) groups excluding carboxylic acids is 5. The quantitative estimate of drug-likeness (QED) is 0.0532. The number of anilines is 6. The fourth-order valence-corrected chi connectivity index (χ4v) is 11.2. The van der Waals surface area contributed by atoms with Crippen LogP contribution in [0, 0.1) is 11.6 Å². The van der Waals surface area contributed by atoms with Crippen LogP contribution in [-0.4, -0.2) is 90.7 Å². The standard InChI is InChI=1S/C47H36F2N8O17S4.2Na.2H/c1-56-21-25(19-37(56)45(60)52-33-15-11-27-29(41(33)77(69,70)71)5-3-7-39(27)75(63,64)65)50-43(58)23-9-13-31(48)35(17-23)54-47(62)55-36-18-24(10-14-32(36)49)44(59)51-26-20-38(57(2)22-26)46(61)53-34-16-12-28-30(42(34)78(72,73)74)6-4-8-40(28)76(66,67)68;;;;/h3-22H,1-2H3,(H,50,58)(H,51,59)(H,52,60)(H,53,61)(H2,54,55,62)(H,63,64,65)(H,66,67,68)(H,69,70,71)(H,72,73,74);;;;/q;2*+1;2*-1. The molecule has 0 spiro atoms. The van der Waals surface area contributed by atoms with E-state index in [1.807, 2.05) is 0 Å². The molecule has 2 aromatic heterocycles. The van der Waals surface area contributed by atoms with Gasteiger partial charge in [-0.3, -0.25) is 37.4 Å². The summed E-state index contributed by atoms with van der Waals surface area (Å²) in [5.74, 6) is -5.87. The minimum absolute atomic E-state index is 0. The van der Waals surface area contributed by atoms with Gasteiger partial charge in [-0.15, -0.1) is 0 Å². The van der Waals surface area contributed by atoms with Gasteiger partial charge in [0.05, 0.1) is 34.1 Å². The monoisotopic (exact) mass is 1200 g/mol. The number of carbonyl (C=O) groups is 5. The van der Waals surface area contributed by atoms with Crippen molar-refractivity contribution >= 4 is 126 Å². The summed E-state index contributed by atoms with van der Waals surface area (Å²) < 4.78 is 170. The molecular weight excluding hydrogens is 1160 g/mol. The normalized spacial score (nSPS) is 11.7. The molecule has 0 radical (unpaired) electrons. The number of fused-ring (bicyclic) bond motifs is 2. The number of amides is 6. The van der Waals surface area contributed by atoms with Crippen LogP contribution in [0.5, 0.6) is 0 Å². The van der Waals surface area contributed by atoms with Gasteiger partial charge in [0.25, 0.3) is 64.1 Å². The van der Waals surface area contributed by atoms with E-state index in [0.29, 0.717) is 0 Å². The Morgan fingerprint density at radius 1 is 0.425 bits per heavy atom. The number of nitrogens with zero attached hydrogens (tertiary/aromatic N) is 2. The largest absolute Gasteiger partial charge is 1.00 e. The molecule has 0 unspecified atom stereocenters. The number of rotatable bonds is 14. The van der Waals surface area contributed by atoms with Gasteiger partial charge in [0.1, 0.15) is 42.6 Å².